The first-order valence-corrected chi connectivity index (χ1v) is 6.39. The van der Waals surface area contributed by atoms with E-state index in [4.69, 9.17) is 9.52 Å². The summed E-state index contributed by atoms with van der Waals surface area (Å²) >= 11 is 0. The summed E-state index contributed by atoms with van der Waals surface area (Å²) in [5, 5.41) is 19.3. The molecular weight excluding hydrogens is 258 g/mol. The lowest BCUT2D eigenvalue weighted by atomic mass is 10.1. The van der Waals surface area contributed by atoms with Gasteiger partial charge in [0, 0.05) is 31.2 Å². The number of carbonyl (C=O) groups is 1. The molecule has 1 amide bonds. The van der Waals surface area contributed by atoms with E-state index in [0.29, 0.717) is 23.9 Å². The number of aryl methyl sites for hydroxylation is 1. The van der Waals surface area contributed by atoms with Crippen molar-refractivity contribution < 1.29 is 14.3 Å². The van der Waals surface area contributed by atoms with Gasteiger partial charge in [-0.3, -0.25) is 4.79 Å². The molecule has 0 aliphatic heterocycles. The second-order valence-corrected chi connectivity index (χ2v) is 4.70. The minimum atomic E-state index is -0.168. The van der Waals surface area contributed by atoms with Gasteiger partial charge in [0.05, 0.1) is 0 Å². The van der Waals surface area contributed by atoms with Crippen LogP contribution in [-0.4, -0.2) is 34.4 Å². The van der Waals surface area contributed by atoms with Crippen molar-refractivity contribution in [1.29, 1.82) is 0 Å². The van der Waals surface area contributed by atoms with Crippen molar-refractivity contribution in [3.8, 4) is 11.5 Å². The first-order valence-electron chi connectivity index (χ1n) is 6.39. The third-order valence-electron chi connectivity index (χ3n) is 2.84. The molecule has 0 aliphatic rings. The highest BCUT2D eigenvalue weighted by molar-refractivity contribution is 5.94. The Hall–Kier alpha value is -2.21. The normalized spacial score (nSPS) is 12.2. The first-order chi connectivity index (χ1) is 9.60. The molecular formula is C14H17N3O3. The molecule has 0 bridgehead atoms. The molecule has 0 aliphatic carbocycles. The highest BCUT2D eigenvalue weighted by Crippen LogP contribution is 2.18. The molecule has 1 heterocycles. The summed E-state index contributed by atoms with van der Waals surface area (Å²) in [6.07, 6.45) is 0. The average Bonchev–Trinajstić information content (AvgIpc) is 2.91. The van der Waals surface area contributed by atoms with E-state index in [-0.39, 0.29) is 18.4 Å². The minimum absolute atomic E-state index is 0.0413. The second kappa shape index (κ2) is 6.29. The summed E-state index contributed by atoms with van der Waals surface area (Å²) in [4.78, 5) is 11.9. The molecule has 2 aromatic rings. The van der Waals surface area contributed by atoms with E-state index >= 15 is 0 Å². The third-order valence-corrected chi connectivity index (χ3v) is 2.84. The van der Waals surface area contributed by atoms with Crippen LogP contribution in [0, 0.1) is 12.8 Å². The lowest BCUT2D eigenvalue weighted by Gasteiger charge is -2.09. The van der Waals surface area contributed by atoms with Crippen molar-refractivity contribution in [2.45, 2.75) is 13.8 Å². The van der Waals surface area contributed by atoms with Crippen molar-refractivity contribution in [3.63, 3.8) is 0 Å². The number of amides is 1. The molecule has 106 valence electrons. The monoisotopic (exact) mass is 275 g/mol. The molecule has 6 heteroatoms. The summed E-state index contributed by atoms with van der Waals surface area (Å²) in [6, 6.07) is 6.93. The Bertz CT molecular complexity index is 578. The van der Waals surface area contributed by atoms with E-state index in [2.05, 4.69) is 15.5 Å². The molecule has 0 saturated heterocycles. The number of nitrogens with one attached hydrogen (secondary N) is 1. The number of aromatic nitrogens is 2. The van der Waals surface area contributed by atoms with E-state index in [1.54, 1.807) is 31.2 Å². The van der Waals surface area contributed by atoms with Gasteiger partial charge in [-0.1, -0.05) is 6.92 Å². The Morgan fingerprint density at radius 2 is 2.05 bits per heavy atom. The van der Waals surface area contributed by atoms with Crippen molar-refractivity contribution in [1.82, 2.24) is 15.5 Å². The average molecular weight is 275 g/mol. The molecule has 1 atom stereocenters. The predicted molar refractivity (Wildman–Crippen MR) is 73.1 cm³/mol. The maximum Gasteiger partial charge on any atom is 0.251 e. The standard InChI is InChI=1S/C14H17N3O3/c1-9(8-18)7-15-13(19)11-3-5-12(6-4-11)14-17-16-10(2)20-14/h3-6,9,18H,7-8H2,1-2H3,(H,15,19). The van der Waals surface area contributed by atoms with Crippen LogP contribution in [0.5, 0.6) is 0 Å². The summed E-state index contributed by atoms with van der Waals surface area (Å²) in [5.41, 5.74) is 1.32. The maximum absolute atomic E-state index is 11.9. The molecule has 6 nitrogen and oxygen atoms in total. The van der Waals surface area contributed by atoms with Gasteiger partial charge in [0.1, 0.15) is 0 Å². The smallest absolute Gasteiger partial charge is 0.251 e. The van der Waals surface area contributed by atoms with Gasteiger partial charge in [-0.05, 0) is 30.2 Å². The van der Waals surface area contributed by atoms with E-state index in [0.717, 1.165) is 5.56 Å². The highest BCUT2D eigenvalue weighted by Gasteiger charge is 2.09. The number of aliphatic hydroxyl groups excluding tert-OH is 1. The predicted octanol–water partition coefficient (Wildman–Crippen LogP) is 1.40. The zero-order valence-corrected chi connectivity index (χ0v) is 11.5. The topological polar surface area (TPSA) is 88.2 Å². The van der Waals surface area contributed by atoms with Gasteiger partial charge < -0.3 is 14.8 Å². The fraction of sp³-hybridized carbons (Fsp3) is 0.357. The van der Waals surface area contributed by atoms with Gasteiger partial charge in [-0.2, -0.15) is 0 Å². The zero-order chi connectivity index (χ0) is 14.5. The van der Waals surface area contributed by atoms with Crippen LogP contribution in [0.3, 0.4) is 0 Å². The SMILES string of the molecule is Cc1nnc(-c2ccc(C(=O)NCC(C)CO)cc2)o1. The van der Waals surface area contributed by atoms with Crippen molar-refractivity contribution in [2.75, 3.05) is 13.2 Å². The van der Waals surface area contributed by atoms with Crippen LogP contribution in [0.1, 0.15) is 23.2 Å². The lowest BCUT2D eigenvalue weighted by molar-refractivity contribution is 0.0942. The fourth-order valence-electron chi connectivity index (χ4n) is 1.61. The molecule has 2 rings (SSSR count). The number of nitrogens with zero attached hydrogens (tertiary/aromatic N) is 2. The number of aliphatic hydroxyl groups is 1. The molecule has 0 fully saturated rings. The molecule has 1 unspecified atom stereocenters. The minimum Gasteiger partial charge on any atom is -0.421 e. The van der Waals surface area contributed by atoms with Crippen LogP contribution < -0.4 is 5.32 Å². The van der Waals surface area contributed by atoms with E-state index < -0.39 is 0 Å². The summed E-state index contributed by atoms with van der Waals surface area (Å²) in [6.45, 7) is 4.08. The van der Waals surface area contributed by atoms with Crippen molar-refractivity contribution >= 4 is 5.91 Å². The Morgan fingerprint density at radius 1 is 1.35 bits per heavy atom. The number of carbonyl (C=O) groups excluding carboxylic acids is 1. The van der Waals surface area contributed by atoms with Crippen LogP contribution in [0.2, 0.25) is 0 Å². The number of rotatable bonds is 5. The van der Waals surface area contributed by atoms with Crippen LogP contribution in [0.25, 0.3) is 11.5 Å². The molecule has 0 spiro atoms. The Kier molecular flexibility index (Phi) is 4.47. The van der Waals surface area contributed by atoms with E-state index in [1.807, 2.05) is 6.92 Å². The van der Waals surface area contributed by atoms with Gasteiger partial charge in [-0.15, -0.1) is 10.2 Å². The van der Waals surface area contributed by atoms with E-state index in [1.165, 1.54) is 0 Å². The zero-order valence-electron chi connectivity index (χ0n) is 11.5. The Labute approximate surface area is 116 Å². The van der Waals surface area contributed by atoms with Crippen LogP contribution in [0.15, 0.2) is 28.7 Å². The molecule has 0 saturated carbocycles. The molecule has 1 aromatic carbocycles. The highest BCUT2D eigenvalue weighted by atomic mass is 16.4. The van der Waals surface area contributed by atoms with E-state index in [9.17, 15) is 4.79 Å². The van der Waals surface area contributed by atoms with Crippen LogP contribution in [-0.2, 0) is 0 Å². The largest absolute Gasteiger partial charge is 0.421 e. The van der Waals surface area contributed by atoms with Gasteiger partial charge in [-0.25, -0.2) is 0 Å². The molecule has 20 heavy (non-hydrogen) atoms. The van der Waals surface area contributed by atoms with Gasteiger partial charge in [0.25, 0.3) is 5.91 Å². The molecule has 0 radical (unpaired) electrons. The molecule has 1 aromatic heterocycles. The number of hydrogen-bond acceptors (Lipinski definition) is 5. The fourth-order valence-corrected chi connectivity index (χ4v) is 1.61. The number of hydrogen-bond donors (Lipinski definition) is 2. The van der Waals surface area contributed by atoms with Crippen LogP contribution >= 0.6 is 0 Å². The van der Waals surface area contributed by atoms with Gasteiger partial charge in [0.15, 0.2) is 0 Å². The molecule has 2 N–H and O–H groups in total. The summed E-state index contributed by atoms with van der Waals surface area (Å²) in [5.74, 6) is 0.807. The second-order valence-electron chi connectivity index (χ2n) is 4.70. The number of benzene rings is 1. The first kappa shape index (κ1) is 14.2. The summed E-state index contributed by atoms with van der Waals surface area (Å²) in [7, 11) is 0. The Balaban J connectivity index is 2.02. The van der Waals surface area contributed by atoms with Crippen molar-refractivity contribution in [2.24, 2.45) is 5.92 Å². The van der Waals surface area contributed by atoms with Crippen LogP contribution in [0.4, 0.5) is 0 Å². The van der Waals surface area contributed by atoms with Crippen molar-refractivity contribution in [3.05, 3.63) is 35.7 Å². The Morgan fingerprint density at radius 3 is 2.60 bits per heavy atom. The third kappa shape index (κ3) is 3.42. The maximum atomic E-state index is 11.9. The quantitative estimate of drug-likeness (QED) is 0.861. The van der Waals surface area contributed by atoms with Gasteiger partial charge in [0.2, 0.25) is 11.8 Å². The summed E-state index contributed by atoms with van der Waals surface area (Å²) < 4.78 is 5.31. The van der Waals surface area contributed by atoms with Gasteiger partial charge >= 0.3 is 0 Å². The lowest BCUT2D eigenvalue weighted by Crippen LogP contribution is -2.29.